The lowest BCUT2D eigenvalue weighted by molar-refractivity contribution is -0.137. The minimum Gasteiger partial charge on any atom is -0.457 e. The molecule has 36 heavy (non-hydrogen) atoms. The Morgan fingerprint density at radius 1 is 1.08 bits per heavy atom. The molecule has 0 saturated carbocycles. The maximum absolute atomic E-state index is 13.2. The molecule has 1 aliphatic rings. The van der Waals surface area contributed by atoms with Crippen molar-refractivity contribution in [1.29, 1.82) is 0 Å². The maximum Gasteiger partial charge on any atom is 0.416 e. The molecular formula is C26H25F3N4O3. The maximum atomic E-state index is 13.2. The number of rotatable bonds is 6. The largest absolute Gasteiger partial charge is 0.457 e. The first-order valence-corrected chi connectivity index (χ1v) is 11.4. The fourth-order valence-electron chi connectivity index (χ4n) is 4.15. The van der Waals surface area contributed by atoms with Gasteiger partial charge in [0, 0.05) is 37.3 Å². The minimum atomic E-state index is -4.57. The van der Waals surface area contributed by atoms with Gasteiger partial charge in [0.1, 0.15) is 17.3 Å². The summed E-state index contributed by atoms with van der Waals surface area (Å²) in [6.07, 6.45) is -1.17. The average molecular weight is 499 g/mol. The monoisotopic (exact) mass is 498 g/mol. The topological polar surface area (TPSA) is 106 Å². The smallest absolute Gasteiger partial charge is 0.416 e. The molecule has 1 heterocycles. The quantitative estimate of drug-likeness (QED) is 0.461. The summed E-state index contributed by atoms with van der Waals surface area (Å²) in [4.78, 5) is 28.1. The van der Waals surface area contributed by atoms with E-state index in [2.05, 4.69) is 15.6 Å². The summed E-state index contributed by atoms with van der Waals surface area (Å²) in [6, 6.07) is 11.9. The number of nitrogens with one attached hydrogen (secondary N) is 2. The number of pyridine rings is 1. The molecule has 3 aromatic rings. The van der Waals surface area contributed by atoms with Crippen LogP contribution in [0, 0.1) is 0 Å². The zero-order valence-electron chi connectivity index (χ0n) is 19.5. The third kappa shape index (κ3) is 6.19. The Morgan fingerprint density at radius 3 is 2.58 bits per heavy atom. The summed E-state index contributed by atoms with van der Waals surface area (Å²) in [6.45, 7) is 1.28. The molecule has 2 amide bonds. The van der Waals surface area contributed by atoms with Crippen LogP contribution in [0.2, 0.25) is 0 Å². The molecule has 4 N–H and O–H groups in total. The Bertz CT molecular complexity index is 1290. The van der Waals surface area contributed by atoms with E-state index in [1.54, 1.807) is 12.1 Å². The van der Waals surface area contributed by atoms with Crippen LogP contribution >= 0.6 is 0 Å². The summed E-state index contributed by atoms with van der Waals surface area (Å²) in [5, 5.41) is 5.46. The van der Waals surface area contributed by atoms with E-state index in [4.69, 9.17) is 10.5 Å². The summed E-state index contributed by atoms with van der Waals surface area (Å²) < 4.78 is 45.6. The van der Waals surface area contributed by atoms with E-state index in [0.29, 0.717) is 36.6 Å². The van der Waals surface area contributed by atoms with Gasteiger partial charge < -0.3 is 21.1 Å². The number of anilines is 1. The average Bonchev–Trinajstić information content (AvgIpc) is 2.82. The molecule has 2 aromatic carbocycles. The number of hydrogen-bond donors (Lipinski definition) is 3. The molecule has 1 aliphatic carbocycles. The highest BCUT2D eigenvalue weighted by Crippen LogP contribution is 2.32. The molecule has 1 aromatic heterocycles. The Morgan fingerprint density at radius 2 is 1.86 bits per heavy atom. The van der Waals surface area contributed by atoms with Crippen molar-refractivity contribution in [3.05, 3.63) is 82.5 Å². The number of nitrogens with zero attached hydrogens (tertiary/aromatic N) is 1. The lowest BCUT2D eigenvalue weighted by Crippen LogP contribution is -2.39. The molecule has 7 nitrogen and oxygen atoms in total. The number of nitrogens with two attached hydrogens (primary N) is 1. The first kappa shape index (κ1) is 25.2. The lowest BCUT2D eigenvalue weighted by atomic mass is 9.88. The number of fused-ring (bicyclic) bond motifs is 1. The summed E-state index contributed by atoms with van der Waals surface area (Å²) in [5.41, 5.74) is 6.90. The molecule has 0 radical (unpaired) electrons. The van der Waals surface area contributed by atoms with E-state index in [1.165, 1.54) is 19.2 Å². The first-order valence-electron chi connectivity index (χ1n) is 11.4. The molecule has 4 rings (SSSR count). The van der Waals surface area contributed by atoms with Gasteiger partial charge in [0.2, 0.25) is 5.91 Å². The van der Waals surface area contributed by atoms with Gasteiger partial charge in [0.25, 0.3) is 5.91 Å². The Labute approximate surface area is 205 Å². The Balaban J connectivity index is 1.46. The van der Waals surface area contributed by atoms with Gasteiger partial charge in [-0.1, -0.05) is 6.07 Å². The van der Waals surface area contributed by atoms with Crippen LogP contribution in [0.4, 0.5) is 19.0 Å². The molecule has 10 heteroatoms. The van der Waals surface area contributed by atoms with Crippen molar-refractivity contribution in [3.63, 3.8) is 0 Å². The molecule has 0 fully saturated rings. The molecule has 0 spiro atoms. The van der Waals surface area contributed by atoms with Gasteiger partial charge >= 0.3 is 6.18 Å². The van der Waals surface area contributed by atoms with E-state index in [-0.39, 0.29) is 29.6 Å². The van der Waals surface area contributed by atoms with Crippen LogP contribution in [-0.2, 0) is 30.4 Å². The van der Waals surface area contributed by atoms with Crippen LogP contribution in [0.25, 0.3) is 0 Å². The second kappa shape index (κ2) is 10.4. The number of hydrogen-bond acceptors (Lipinski definition) is 5. The van der Waals surface area contributed by atoms with E-state index < -0.39 is 17.6 Å². The zero-order chi connectivity index (χ0) is 25.9. The normalized spacial score (nSPS) is 15.1. The predicted molar refractivity (Wildman–Crippen MR) is 128 cm³/mol. The predicted octanol–water partition coefficient (Wildman–Crippen LogP) is 4.60. The first-order chi connectivity index (χ1) is 17.1. The van der Waals surface area contributed by atoms with Crippen LogP contribution in [0.1, 0.15) is 46.0 Å². The van der Waals surface area contributed by atoms with E-state index in [1.807, 2.05) is 18.2 Å². The fourth-order valence-corrected chi connectivity index (χ4v) is 4.15. The van der Waals surface area contributed by atoms with Gasteiger partial charge in [0.05, 0.1) is 5.56 Å². The number of amides is 2. The molecule has 1 atom stereocenters. The number of alkyl halides is 3. The molecule has 0 bridgehead atoms. The van der Waals surface area contributed by atoms with Gasteiger partial charge in [-0.15, -0.1) is 0 Å². The van der Waals surface area contributed by atoms with Gasteiger partial charge in [-0.2, -0.15) is 13.2 Å². The van der Waals surface area contributed by atoms with Gasteiger partial charge in [-0.25, -0.2) is 4.98 Å². The summed E-state index contributed by atoms with van der Waals surface area (Å²) in [7, 11) is 0. The van der Waals surface area contributed by atoms with Gasteiger partial charge in [-0.3, -0.25) is 9.59 Å². The molecule has 0 aliphatic heterocycles. The summed E-state index contributed by atoms with van der Waals surface area (Å²) >= 11 is 0. The van der Waals surface area contributed by atoms with Gasteiger partial charge in [0.15, 0.2) is 0 Å². The van der Waals surface area contributed by atoms with Crippen molar-refractivity contribution in [2.75, 3.05) is 5.32 Å². The van der Waals surface area contributed by atoms with Gasteiger partial charge in [-0.05, 0) is 72.4 Å². The van der Waals surface area contributed by atoms with Crippen molar-refractivity contribution in [2.45, 2.75) is 44.9 Å². The van der Waals surface area contributed by atoms with Crippen molar-refractivity contribution in [3.8, 4) is 11.5 Å². The van der Waals surface area contributed by atoms with E-state index in [0.717, 1.165) is 23.3 Å². The fraction of sp³-hybridized carbons (Fsp3) is 0.269. The number of carbonyl (C=O) groups excluding carboxylic acids is 2. The van der Waals surface area contributed by atoms with E-state index in [9.17, 15) is 22.8 Å². The summed E-state index contributed by atoms with van der Waals surface area (Å²) in [5.74, 6) is 0.624. The highest BCUT2D eigenvalue weighted by atomic mass is 19.4. The van der Waals surface area contributed by atoms with Crippen LogP contribution in [-0.4, -0.2) is 22.8 Å². The number of halogens is 3. The Hall–Kier alpha value is -3.92. The number of ether oxygens (including phenoxy) is 1. The third-order valence-corrected chi connectivity index (χ3v) is 5.83. The number of carbonyl (C=O) groups is 2. The van der Waals surface area contributed by atoms with Crippen molar-refractivity contribution in [2.24, 2.45) is 5.73 Å². The van der Waals surface area contributed by atoms with Crippen LogP contribution < -0.4 is 21.1 Å². The van der Waals surface area contributed by atoms with Crippen LogP contribution in [0.3, 0.4) is 0 Å². The Kier molecular flexibility index (Phi) is 7.25. The number of aryl methyl sites for hydroxylation is 1. The molecule has 188 valence electrons. The van der Waals surface area contributed by atoms with Crippen molar-refractivity contribution < 1.29 is 27.5 Å². The highest BCUT2D eigenvalue weighted by molar-refractivity contribution is 5.95. The van der Waals surface area contributed by atoms with Crippen LogP contribution in [0.15, 0.2) is 54.7 Å². The molecule has 1 unspecified atom stereocenters. The second-order valence-corrected chi connectivity index (χ2v) is 8.62. The number of benzene rings is 2. The minimum absolute atomic E-state index is 0.0687. The highest BCUT2D eigenvalue weighted by Gasteiger charge is 2.32. The third-order valence-electron chi connectivity index (χ3n) is 5.83. The van der Waals surface area contributed by atoms with E-state index >= 15 is 0 Å². The molecular weight excluding hydrogens is 473 g/mol. The van der Waals surface area contributed by atoms with Crippen molar-refractivity contribution in [1.82, 2.24) is 10.3 Å². The number of aromatic nitrogens is 1. The van der Waals surface area contributed by atoms with Crippen molar-refractivity contribution >= 4 is 17.6 Å². The molecule has 0 saturated heterocycles. The van der Waals surface area contributed by atoms with Crippen LogP contribution in [0.5, 0.6) is 11.5 Å². The second-order valence-electron chi connectivity index (χ2n) is 8.62. The SMILES string of the molecule is CC(=O)Nc1cc(Oc2ccc3c(c2)CC(NC(=O)c2cc(CN)cc(C(F)(F)F)c2)CC3)ccn1. The lowest BCUT2D eigenvalue weighted by Gasteiger charge is -2.26. The standard InChI is InChI=1S/C26H25F3N4O3/c1-15(34)32-24-13-23(6-7-31-24)36-22-5-3-17-2-4-21(11-18(17)12-22)33-25(35)19-8-16(14-30)9-20(10-19)26(27,28)29/h3,5-10,12-13,21H,2,4,11,14,30H2,1H3,(H,33,35)(H,31,32,34). The zero-order valence-corrected chi connectivity index (χ0v) is 19.5.